The van der Waals surface area contributed by atoms with Crippen LogP contribution in [0.3, 0.4) is 0 Å². The smallest absolute Gasteiger partial charge is 0.340 e. The van der Waals surface area contributed by atoms with Gasteiger partial charge >= 0.3 is 5.69 Å². The normalized spacial score (nSPS) is 20.1. The quantitative estimate of drug-likeness (QED) is 0.182. The Morgan fingerprint density at radius 1 is 1.13 bits per heavy atom. The third kappa shape index (κ3) is 3.94. The van der Waals surface area contributed by atoms with Gasteiger partial charge in [0, 0.05) is 17.3 Å². The summed E-state index contributed by atoms with van der Waals surface area (Å²) in [6, 6.07) is 8.79. The Kier molecular flexibility index (Phi) is 6.01. The molecule has 200 valence electrons. The predicted octanol–water partition coefficient (Wildman–Crippen LogP) is 2.55. The van der Waals surface area contributed by atoms with Crippen LogP contribution in [0, 0.1) is 6.92 Å². The summed E-state index contributed by atoms with van der Waals surface area (Å²) in [5, 5.41) is 31.1. The molecule has 0 saturated heterocycles. The van der Waals surface area contributed by atoms with Crippen LogP contribution in [0.25, 0.3) is 0 Å². The minimum Gasteiger partial charge on any atom is -0.507 e. The van der Waals surface area contributed by atoms with Gasteiger partial charge in [0.05, 0.1) is 17.2 Å². The van der Waals surface area contributed by atoms with E-state index in [1.165, 1.54) is 20.8 Å². The summed E-state index contributed by atoms with van der Waals surface area (Å²) in [7, 11) is 0. The minimum atomic E-state index is -1.64. The fraction of sp³-hybridized carbons (Fsp3) is 0.250. The Hall–Kier alpha value is -4.93. The number of aromatic amines is 2. The number of nitrogens with one attached hydrogen (secondary N) is 3. The highest BCUT2D eigenvalue weighted by Gasteiger charge is 2.56. The van der Waals surface area contributed by atoms with Crippen LogP contribution in [0.1, 0.15) is 59.7 Å². The molecule has 1 aromatic heterocycles. The number of fused-ring (bicyclic) bond motifs is 3. The second-order valence-electron chi connectivity index (χ2n) is 9.84. The molecular weight excluding hydrogens is 504 g/mol. The maximum Gasteiger partial charge on any atom is 0.340 e. The topological polar surface area (TPSA) is 174 Å². The summed E-state index contributed by atoms with van der Waals surface area (Å²) in [6.45, 7) is 5.71. The standard InChI is InChI=1S/C28H26N4O7/c1-12-22(35)20(14(3)33)24-21(23(12)36)28(4)18(39-24)11-17(34)19(25(28)37)13(2)29-16(26-30-27(38)32-31-26)10-15-8-6-5-7-9-15/h5-9,11,16,29,35-36H,10H2,1-4H3,(H2,30,31,32,38). The monoisotopic (exact) mass is 530 g/mol. The number of aromatic hydroxyl groups is 2. The highest BCUT2D eigenvalue weighted by molar-refractivity contribution is 6.31. The van der Waals surface area contributed by atoms with Crippen LogP contribution in [0.4, 0.5) is 0 Å². The molecule has 3 aromatic rings. The van der Waals surface area contributed by atoms with Gasteiger partial charge < -0.3 is 20.3 Å². The molecule has 2 unspecified atom stereocenters. The Balaban J connectivity index is 1.61. The van der Waals surface area contributed by atoms with E-state index in [4.69, 9.17) is 4.74 Å². The Bertz CT molecular complexity index is 1680. The van der Waals surface area contributed by atoms with E-state index in [2.05, 4.69) is 20.5 Å². The molecule has 11 nitrogen and oxygen atoms in total. The fourth-order valence-electron chi connectivity index (χ4n) is 5.21. The van der Waals surface area contributed by atoms with Crippen LogP contribution in [0.2, 0.25) is 0 Å². The third-order valence-corrected chi connectivity index (χ3v) is 7.28. The average Bonchev–Trinajstić information content (AvgIpc) is 3.44. The molecule has 11 heteroatoms. The first-order chi connectivity index (χ1) is 18.4. The number of phenols is 2. The molecule has 2 aromatic carbocycles. The molecule has 2 aliphatic rings. The van der Waals surface area contributed by atoms with E-state index in [0.29, 0.717) is 6.42 Å². The molecule has 0 amide bonds. The first-order valence-electron chi connectivity index (χ1n) is 12.2. The number of hydrogen-bond acceptors (Lipinski definition) is 9. The van der Waals surface area contributed by atoms with Crippen molar-refractivity contribution in [3.05, 3.63) is 92.0 Å². The molecule has 1 aliphatic carbocycles. The van der Waals surface area contributed by atoms with E-state index < -0.39 is 46.0 Å². The van der Waals surface area contributed by atoms with E-state index >= 15 is 0 Å². The second kappa shape index (κ2) is 9.12. The van der Waals surface area contributed by atoms with Crippen LogP contribution in [-0.2, 0) is 21.4 Å². The van der Waals surface area contributed by atoms with Crippen LogP contribution in [0.15, 0.2) is 58.2 Å². The van der Waals surface area contributed by atoms with Gasteiger partial charge in [0.25, 0.3) is 0 Å². The number of ether oxygens (including phenoxy) is 1. The predicted molar refractivity (Wildman–Crippen MR) is 139 cm³/mol. The summed E-state index contributed by atoms with van der Waals surface area (Å²) in [5.41, 5.74) is -1.33. The van der Waals surface area contributed by atoms with Gasteiger partial charge in [0.15, 0.2) is 23.2 Å². The van der Waals surface area contributed by atoms with Gasteiger partial charge in [-0.05, 0) is 39.7 Å². The summed E-state index contributed by atoms with van der Waals surface area (Å²) >= 11 is 0. The van der Waals surface area contributed by atoms with E-state index in [-0.39, 0.29) is 45.3 Å². The lowest BCUT2D eigenvalue weighted by Gasteiger charge is -2.29. The van der Waals surface area contributed by atoms with E-state index in [0.717, 1.165) is 11.6 Å². The van der Waals surface area contributed by atoms with Crippen molar-refractivity contribution in [2.75, 3.05) is 0 Å². The number of allylic oxidation sites excluding steroid dienone is 4. The third-order valence-electron chi connectivity index (χ3n) is 7.28. The van der Waals surface area contributed by atoms with Crippen LogP contribution in [0.5, 0.6) is 17.2 Å². The van der Waals surface area contributed by atoms with Gasteiger partial charge in [-0.15, -0.1) is 0 Å². The summed E-state index contributed by atoms with van der Waals surface area (Å²) in [5.74, 6) is -2.59. The molecule has 0 spiro atoms. The first-order valence-corrected chi connectivity index (χ1v) is 12.2. The molecule has 0 fully saturated rings. The van der Waals surface area contributed by atoms with Crippen molar-refractivity contribution in [3.63, 3.8) is 0 Å². The lowest BCUT2D eigenvalue weighted by atomic mass is 9.70. The zero-order valence-corrected chi connectivity index (χ0v) is 21.6. The van der Waals surface area contributed by atoms with E-state index in [1.807, 2.05) is 30.3 Å². The molecule has 2 heterocycles. The Morgan fingerprint density at radius 2 is 1.82 bits per heavy atom. The summed E-state index contributed by atoms with van der Waals surface area (Å²) < 4.78 is 5.81. The van der Waals surface area contributed by atoms with Crippen molar-refractivity contribution in [2.24, 2.45) is 0 Å². The number of hydrogen-bond donors (Lipinski definition) is 5. The lowest BCUT2D eigenvalue weighted by Crippen LogP contribution is -2.41. The van der Waals surface area contributed by atoms with E-state index in [1.54, 1.807) is 6.92 Å². The summed E-state index contributed by atoms with van der Waals surface area (Å²) in [4.78, 5) is 54.1. The van der Waals surface area contributed by atoms with Gasteiger partial charge in [-0.25, -0.2) is 9.89 Å². The highest BCUT2D eigenvalue weighted by Crippen LogP contribution is 2.57. The number of benzene rings is 2. The molecule has 0 saturated carbocycles. The zero-order valence-electron chi connectivity index (χ0n) is 21.6. The van der Waals surface area contributed by atoms with Crippen LogP contribution >= 0.6 is 0 Å². The van der Waals surface area contributed by atoms with Crippen molar-refractivity contribution < 1.29 is 29.3 Å². The van der Waals surface area contributed by atoms with E-state index in [9.17, 15) is 29.4 Å². The molecule has 5 N–H and O–H groups in total. The van der Waals surface area contributed by atoms with Crippen molar-refractivity contribution in [2.45, 2.75) is 45.6 Å². The second-order valence-corrected chi connectivity index (χ2v) is 9.84. The van der Waals surface area contributed by atoms with Crippen molar-refractivity contribution in [1.29, 1.82) is 0 Å². The number of aromatic nitrogens is 3. The van der Waals surface area contributed by atoms with Crippen molar-refractivity contribution >= 4 is 17.3 Å². The SMILES string of the molecule is CC(=O)c1c(O)c(C)c(O)c2c1OC1=CC(=O)C(=C(C)NC(Cc3ccccc3)c3n[nH]c(=O)[nH]3)C(=O)C12C. The lowest BCUT2D eigenvalue weighted by molar-refractivity contribution is -0.123. The Morgan fingerprint density at radius 3 is 2.44 bits per heavy atom. The van der Waals surface area contributed by atoms with Gasteiger partial charge in [-0.1, -0.05) is 30.3 Å². The molecule has 0 radical (unpaired) electrons. The van der Waals surface area contributed by atoms with Crippen molar-refractivity contribution in [3.8, 4) is 17.2 Å². The van der Waals surface area contributed by atoms with Gasteiger partial charge in [0.2, 0.25) is 0 Å². The maximum atomic E-state index is 14.1. The summed E-state index contributed by atoms with van der Waals surface area (Å²) in [6.07, 6.45) is 1.53. The van der Waals surface area contributed by atoms with Gasteiger partial charge in [-0.2, -0.15) is 5.10 Å². The molecule has 2 atom stereocenters. The largest absolute Gasteiger partial charge is 0.507 e. The van der Waals surface area contributed by atoms with Crippen LogP contribution in [-0.4, -0.2) is 42.7 Å². The molecule has 5 rings (SSSR count). The number of nitrogens with zero attached hydrogens (tertiary/aromatic N) is 1. The molecule has 1 aliphatic heterocycles. The first kappa shape index (κ1) is 25.7. The molecule has 0 bridgehead atoms. The number of rotatable bonds is 6. The van der Waals surface area contributed by atoms with Gasteiger partial charge in [-0.3, -0.25) is 19.4 Å². The fourth-order valence-corrected chi connectivity index (χ4v) is 5.21. The Labute approximate surface area is 222 Å². The maximum absolute atomic E-state index is 14.1. The number of carbonyl (C=O) groups is 3. The molecule has 39 heavy (non-hydrogen) atoms. The number of Topliss-reactive ketones (excluding diaryl/α,β-unsaturated/α-hetero) is 2. The van der Waals surface area contributed by atoms with Crippen LogP contribution < -0.4 is 15.7 Å². The average molecular weight is 531 g/mol. The number of ketones is 3. The number of H-pyrrole nitrogens is 2. The van der Waals surface area contributed by atoms with Crippen molar-refractivity contribution in [1.82, 2.24) is 20.5 Å². The molecular formula is C28H26N4O7. The minimum absolute atomic E-state index is 0.00881. The number of carbonyl (C=O) groups excluding carboxylic acids is 3. The van der Waals surface area contributed by atoms with Gasteiger partial charge in [0.1, 0.15) is 34.0 Å². The number of phenolic OH excluding ortho intramolecular Hbond substituents is 2. The zero-order chi connectivity index (χ0) is 28.2. The highest BCUT2D eigenvalue weighted by atomic mass is 16.5.